The van der Waals surface area contributed by atoms with Crippen molar-refractivity contribution in [2.75, 3.05) is 14.2 Å². The lowest BCUT2D eigenvalue weighted by Crippen LogP contribution is -1.90. The molecular formula is C19H19O6+. The molecule has 2 aromatic carbocycles. The highest BCUT2D eigenvalue weighted by atomic mass is 16.5. The first-order valence-corrected chi connectivity index (χ1v) is 7.33. The van der Waals surface area contributed by atoms with Gasteiger partial charge in [-0.2, -0.15) is 0 Å². The second-order valence-corrected chi connectivity index (χ2v) is 5.12. The van der Waals surface area contributed by atoms with Crippen LogP contribution in [0.1, 0.15) is 16.7 Å². The molecular weight excluding hydrogens is 324 g/mol. The van der Waals surface area contributed by atoms with Gasteiger partial charge in [0, 0.05) is 5.56 Å². The standard InChI is InChI=1S/C19H18O6/c1-24-16-10-12(4-7-15(16)20)3-6-14-9-13(5-8-18(21)22)11-17(25-2)19(14)23/h3-11,20,23H,1-2H3,(H,21,22)/p+1/b6-3+,8-5+. The monoisotopic (exact) mass is 343 g/mol. The molecule has 0 atom stereocenters. The zero-order chi connectivity index (χ0) is 18.4. The van der Waals surface area contributed by atoms with Crippen LogP contribution in [-0.4, -0.2) is 40.3 Å². The first kappa shape index (κ1) is 17.9. The molecule has 0 aliphatic carbocycles. The predicted molar refractivity (Wildman–Crippen MR) is 96.9 cm³/mol. The average Bonchev–Trinajstić information content (AvgIpc) is 2.60. The third kappa shape index (κ3) is 4.54. The molecule has 0 aromatic heterocycles. The topological polar surface area (TPSA) is 101 Å². The summed E-state index contributed by atoms with van der Waals surface area (Å²) < 4.78 is 10.2. The number of hydrogen-bond donors (Lipinski definition) is 3. The molecule has 130 valence electrons. The van der Waals surface area contributed by atoms with Gasteiger partial charge in [0.2, 0.25) is 0 Å². The third-order valence-electron chi connectivity index (χ3n) is 3.43. The number of aliphatic hydroxyl groups excluding tert-OH is 1. The molecule has 0 spiro atoms. The van der Waals surface area contributed by atoms with Crippen molar-refractivity contribution in [3.63, 3.8) is 0 Å². The van der Waals surface area contributed by atoms with Crippen LogP contribution in [0, 0.1) is 0 Å². The molecule has 2 aromatic rings. The highest BCUT2D eigenvalue weighted by Crippen LogP contribution is 2.34. The van der Waals surface area contributed by atoms with E-state index in [0.717, 1.165) is 11.6 Å². The van der Waals surface area contributed by atoms with Crippen molar-refractivity contribution < 1.29 is 29.6 Å². The Hall–Kier alpha value is -3.41. The van der Waals surface area contributed by atoms with Crippen LogP contribution in [0.4, 0.5) is 0 Å². The van der Waals surface area contributed by atoms with Crippen molar-refractivity contribution in [2.24, 2.45) is 0 Å². The predicted octanol–water partition coefficient (Wildman–Crippen LogP) is 3.36. The zero-order valence-corrected chi connectivity index (χ0v) is 13.8. The Balaban J connectivity index is 2.40. The third-order valence-corrected chi connectivity index (χ3v) is 3.43. The Morgan fingerprint density at radius 1 is 0.920 bits per heavy atom. The van der Waals surface area contributed by atoms with E-state index in [4.69, 9.17) is 19.4 Å². The molecule has 4 N–H and O–H groups in total. The van der Waals surface area contributed by atoms with E-state index in [1.807, 2.05) is 0 Å². The molecule has 0 aliphatic heterocycles. The van der Waals surface area contributed by atoms with Crippen molar-refractivity contribution >= 4 is 24.2 Å². The van der Waals surface area contributed by atoms with E-state index in [2.05, 4.69) is 0 Å². The van der Waals surface area contributed by atoms with Crippen LogP contribution in [0.15, 0.2) is 36.4 Å². The first-order valence-electron chi connectivity index (χ1n) is 7.33. The van der Waals surface area contributed by atoms with E-state index in [9.17, 15) is 10.2 Å². The lowest BCUT2D eigenvalue weighted by molar-refractivity contribution is 0.373. The van der Waals surface area contributed by atoms with E-state index >= 15 is 0 Å². The highest BCUT2D eigenvalue weighted by molar-refractivity contribution is 5.87. The number of carboxylic acids is 1. The van der Waals surface area contributed by atoms with E-state index in [-0.39, 0.29) is 17.2 Å². The summed E-state index contributed by atoms with van der Waals surface area (Å²) in [5, 5.41) is 28.7. The van der Waals surface area contributed by atoms with Gasteiger partial charge in [-0.3, -0.25) is 0 Å². The van der Waals surface area contributed by atoms with Crippen LogP contribution in [-0.2, 0) is 0 Å². The van der Waals surface area contributed by atoms with Crippen LogP contribution in [0.25, 0.3) is 18.2 Å². The quantitative estimate of drug-likeness (QED) is 0.424. The van der Waals surface area contributed by atoms with Crippen LogP contribution < -0.4 is 9.47 Å². The van der Waals surface area contributed by atoms with Gasteiger partial charge >= 0.3 is 5.97 Å². The van der Waals surface area contributed by atoms with Crippen LogP contribution in [0.3, 0.4) is 0 Å². The van der Waals surface area contributed by atoms with Crippen molar-refractivity contribution in [3.05, 3.63) is 53.1 Å². The summed E-state index contributed by atoms with van der Waals surface area (Å²) in [6, 6.07) is 8.09. The van der Waals surface area contributed by atoms with E-state index in [1.165, 1.54) is 26.4 Å². The summed E-state index contributed by atoms with van der Waals surface area (Å²) in [5.41, 5.74) is 1.84. The smallest absolute Gasteiger partial charge is 0.504 e. The number of hydrogen-bond acceptors (Lipinski definition) is 4. The summed E-state index contributed by atoms with van der Waals surface area (Å²) in [6.07, 6.45) is 5.99. The summed E-state index contributed by atoms with van der Waals surface area (Å²) in [5.74, 6) is -0.229. The van der Waals surface area contributed by atoms with Crippen molar-refractivity contribution in [1.29, 1.82) is 0 Å². The molecule has 2 rings (SSSR count). The second kappa shape index (κ2) is 7.92. The molecule has 0 saturated carbocycles. The summed E-state index contributed by atoms with van der Waals surface area (Å²) >= 11 is 0. The van der Waals surface area contributed by atoms with Crippen molar-refractivity contribution in [2.45, 2.75) is 0 Å². The molecule has 25 heavy (non-hydrogen) atoms. The highest BCUT2D eigenvalue weighted by Gasteiger charge is 2.09. The Morgan fingerprint density at radius 3 is 2.24 bits per heavy atom. The van der Waals surface area contributed by atoms with E-state index in [0.29, 0.717) is 16.9 Å². The Morgan fingerprint density at radius 2 is 1.60 bits per heavy atom. The minimum atomic E-state index is -0.819. The molecule has 0 aliphatic rings. The van der Waals surface area contributed by atoms with E-state index in [1.54, 1.807) is 36.4 Å². The molecule has 6 heteroatoms. The first-order chi connectivity index (χ1) is 11.9. The minimum absolute atomic E-state index is 0.0383. The summed E-state index contributed by atoms with van der Waals surface area (Å²) in [7, 11) is 2.89. The Bertz CT molecular complexity index is 836. The maximum absolute atomic E-state index is 10.2. The second-order valence-electron chi connectivity index (χ2n) is 5.12. The fraction of sp³-hybridized carbons (Fsp3) is 0.105. The molecule has 0 bridgehead atoms. The molecule has 0 radical (unpaired) electrons. The number of ether oxygens (including phenoxy) is 2. The zero-order valence-electron chi connectivity index (χ0n) is 13.8. The van der Waals surface area contributed by atoms with Crippen molar-refractivity contribution in [3.8, 4) is 23.0 Å². The molecule has 6 nitrogen and oxygen atoms in total. The lowest BCUT2D eigenvalue weighted by Gasteiger charge is -2.08. The van der Waals surface area contributed by atoms with Gasteiger partial charge in [-0.05, 0) is 41.5 Å². The van der Waals surface area contributed by atoms with Crippen LogP contribution in [0.5, 0.6) is 23.0 Å². The number of aliphatic carboxylic acids is 1. The average molecular weight is 343 g/mol. The fourth-order valence-corrected chi connectivity index (χ4v) is 2.19. The molecule has 0 amide bonds. The normalized spacial score (nSPS) is 11.1. The number of benzene rings is 2. The number of rotatable bonds is 6. The van der Waals surface area contributed by atoms with Crippen LogP contribution in [0.2, 0.25) is 0 Å². The van der Waals surface area contributed by atoms with Gasteiger partial charge in [0.25, 0.3) is 0 Å². The molecule has 0 unspecified atom stereocenters. The number of phenols is 2. The van der Waals surface area contributed by atoms with Gasteiger partial charge in [0.05, 0.1) is 20.3 Å². The molecule has 0 heterocycles. The number of methoxy groups -OCH3 is 2. The lowest BCUT2D eigenvalue weighted by atomic mass is 10.1. The van der Waals surface area contributed by atoms with Gasteiger partial charge in [-0.15, -0.1) is 0 Å². The minimum Gasteiger partial charge on any atom is -0.504 e. The maximum atomic E-state index is 10.2. The molecule has 0 saturated heterocycles. The summed E-state index contributed by atoms with van der Waals surface area (Å²) in [6.45, 7) is 0. The Labute approximate surface area is 144 Å². The summed E-state index contributed by atoms with van der Waals surface area (Å²) in [4.78, 5) is 8.85. The van der Waals surface area contributed by atoms with Gasteiger partial charge in [0.15, 0.2) is 23.0 Å². The van der Waals surface area contributed by atoms with Gasteiger partial charge in [0.1, 0.15) is 0 Å². The number of aromatic hydroxyl groups is 2. The fourth-order valence-electron chi connectivity index (χ4n) is 2.19. The van der Waals surface area contributed by atoms with Crippen molar-refractivity contribution in [1.82, 2.24) is 0 Å². The van der Waals surface area contributed by atoms with Gasteiger partial charge in [-0.25, -0.2) is 0 Å². The van der Waals surface area contributed by atoms with Gasteiger partial charge < -0.3 is 29.6 Å². The molecule has 0 fully saturated rings. The van der Waals surface area contributed by atoms with Gasteiger partial charge in [-0.1, -0.05) is 18.2 Å². The maximum Gasteiger partial charge on any atom is 0.507 e. The Kier molecular flexibility index (Phi) is 5.68. The number of carboxylic acid groups (broad SMARTS) is 1. The van der Waals surface area contributed by atoms with Crippen LogP contribution >= 0.6 is 0 Å². The largest absolute Gasteiger partial charge is 0.507 e. The SMILES string of the molecule is COc1cc(/C=C/c2cc(/C=C/C(O)=[OH+])cc(OC)c2O)ccc1O. The number of phenolic OH excluding ortho intramolecular Hbond substituents is 2. The van der Waals surface area contributed by atoms with E-state index < -0.39 is 5.97 Å².